The molecule has 0 aliphatic carbocycles. The molecule has 2 bridgehead atoms. The van der Waals surface area contributed by atoms with Gasteiger partial charge in [-0.1, -0.05) is 92.7 Å². The summed E-state index contributed by atoms with van der Waals surface area (Å²) in [6.45, 7) is 25.0. The molecule has 12 atom stereocenters. The third-order valence-electron chi connectivity index (χ3n) is 13.0. The molecule has 0 saturated carbocycles. The van der Waals surface area contributed by atoms with Gasteiger partial charge in [-0.3, -0.25) is 9.59 Å². The molecule has 13 nitrogen and oxygen atoms in total. The molecule has 3 N–H and O–H groups in total. The van der Waals surface area contributed by atoms with Crippen molar-refractivity contribution in [3.8, 4) is 0 Å². The van der Waals surface area contributed by atoms with Gasteiger partial charge in [-0.15, -0.1) is 0 Å². The lowest BCUT2D eigenvalue weighted by atomic mass is 9.81. The first-order valence-corrected chi connectivity index (χ1v) is 24.6. The Bertz CT molecular complexity index is 1370. The van der Waals surface area contributed by atoms with Crippen molar-refractivity contribution in [2.75, 3.05) is 34.0 Å². The number of oxime groups is 1. The highest BCUT2D eigenvalue weighted by molar-refractivity contribution is 6.59. The van der Waals surface area contributed by atoms with Crippen molar-refractivity contribution in [1.82, 2.24) is 4.90 Å². The number of esters is 1. The van der Waals surface area contributed by atoms with Gasteiger partial charge in [0, 0.05) is 47.3 Å². The minimum Gasteiger partial charge on any atom is -0.454 e. The maximum Gasteiger partial charge on any atom is 0.329 e. The first-order chi connectivity index (χ1) is 27.1. The van der Waals surface area contributed by atoms with E-state index in [0.717, 1.165) is 18.4 Å². The fourth-order valence-electron chi connectivity index (χ4n) is 7.98. The molecule has 3 heterocycles. The van der Waals surface area contributed by atoms with Gasteiger partial charge in [-0.25, -0.2) is 4.79 Å². The Balaban J connectivity index is 0.00000199. The summed E-state index contributed by atoms with van der Waals surface area (Å²) in [5.74, 6) is -6.59. The van der Waals surface area contributed by atoms with Crippen molar-refractivity contribution < 1.29 is 53.5 Å². The first kappa shape index (κ1) is 54.8. The second-order valence-corrected chi connectivity index (χ2v) is 22.8. The number of hydrogen-bond acceptors (Lipinski definition) is 12. The van der Waals surface area contributed by atoms with Gasteiger partial charge in [0.1, 0.15) is 24.9 Å². The van der Waals surface area contributed by atoms with E-state index in [1.807, 2.05) is 27.7 Å². The van der Waals surface area contributed by atoms with E-state index in [0.29, 0.717) is 36.4 Å². The number of aliphatic hydroxyl groups is 3. The third-order valence-corrected chi connectivity index (χ3v) is 16.5. The van der Waals surface area contributed by atoms with Crippen LogP contribution in [-0.2, 0) is 38.2 Å². The number of ether oxygens (including phenoxy) is 4. The smallest absolute Gasteiger partial charge is 0.329 e. The number of ketones is 1. The van der Waals surface area contributed by atoms with Gasteiger partial charge < -0.3 is 44.0 Å². The van der Waals surface area contributed by atoms with Crippen LogP contribution in [0.25, 0.3) is 0 Å². The molecule has 0 aromatic rings. The lowest BCUT2D eigenvalue weighted by molar-refractivity contribution is -0.302. The molecule has 3 rings (SSSR count). The molecule has 14 heteroatoms. The zero-order valence-corrected chi connectivity index (χ0v) is 39.4. The number of methoxy groups -OCH3 is 2. The summed E-state index contributed by atoms with van der Waals surface area (Å²) in [5, 5.41) is 37.4. The van der Waals surface area contributed by atoms with E-state index in [1.165, 1.54) is 4.90 Å². The van der Waals surface area contributed by atoms with Crippen LogP contribution in [0.4, 0.5) is 0 Å². The summed E-state index contributed by atoms with van der Waals surface area (Å²) >= 11 is 0. The molecule has 0 aromatic heterocycles. The first-order valence-electron chi connectivity index (χ1n) is 21.7. The van der Waals surface area contributed by atoms with E-state index in [4.69, 9.17) is 23.8 Å². The normalized spacial score (nSPS) is 35.8. The van der Waals surface area contributed by atoms with Gasteiger partial charge in [0.25, 0.3) is 11.7 Å². The highest BCUT2D eigenvalue weighted by Gasteiger charge is 2.56. The summed E-state index contributed by atoms with van der Waals surface area (Å²) in [4.78, 5) is 48.6. The molecular formula is C45H84N2O11Si. The molecule has 0 aromatic carbocycles. The molecule has 0 unspecified atom stereocenters. The van der Waals surface area contributed by atoms with Crippen LogP contribution in [0.5, 0.6) is 0 Å². The van der Waals surface area contributed by atoms with Gasteiger partial charge in [-0.05, 0) is 82.1 Å². The number of nitrogens with zero attached hydrogens (tertiary/aromatic N) is 2. The molecule has 3 aliphatic rings. The van der Waals surface area contributed by atoms with E-state index in [2.05, 4.69) is 52.0 Å². The van der Waals surface area contributed by atoms with Crippen molar-refractivity contribution in [3.63, 3.8) is 0 Å². The quantitative estimate of drug-likeness (QED) is 0.0473. The Kier molecular flexibility index (Phi) is 23.3. The number of piperidine rings is 1. The van der Waals surface area contributed by atoms with E-state index < -0.39 is 65.9 Å². The summed E-state index contributed by atoms with van der Waals surface area (Å²) < 4.78 is 24.1. The molecule has 2 saturated heterocycles. The fraction of sp³-hybridized carbons (Fsp3) is 0.867. The van der Waals surface area contributed by atoms with Crippen LogP contribution in [0.3, 0.4) is 0 Å². The Morgan fingerprint density at radius 2 is 1.63 bits per heavy atom. The fourth-order valence-corrected chi connectivity index (χ4v) is 7.98. The van der Waals surface area contributed by atoms with E-state index in [9.17, 15) is 29.7 Å². The molecule has 1 amide bonds. The van der Waals surface area contributed by atoms with Crippen LogP contribution in [0.15, 0.2) is 16.8 Å². The zero-order valence-electron chi connectivity index (χ0n) is 38.3. The SMILES string of the molecule is C.CC[C@@H]1/C=C(\C)C[C@H](C)C[C@H](OC)[C@H]2O[C@@](O)(C(=O)C(=O)N3CCCC[C@H]3C(=O)O[C@H](/C(C)=N/OCCO)[C@H](C)[C@@H](C)C[C@H]1O)[C@H](C)C[C@@H]2OC.C[SiH](C)C(C)(C)C. The monoisotopic (exact) mass is 857 g/mol. The minimum atomic E-state index is -2.47. The minimum absolute atomic E-state index is 0. The highest BCUT2D eigenvalue weighted by atomic mass is 28.3. The zero-order chi connectivity index (χ0) is 44.1. The maximum absolute atomic E-state index is 14.1. The van der Waals surface area contributed by atoms with Gasteiger partial charge in [-0.2, -0.15) is 0 Å². The van der Waals surface area contributed by atoms with Crippen LogP contribution in [0.2, 0.25) is 18.1 Å². The number of hydrogen-bond donors (Lipinski definition) is 3. The van der Waals surface area contributed by atoms with Crippen LogP contribution >= 0.6 is 0 Å². The van der Waals surface area contributed by atoms with Gasteiger partial charge in [0.05, 0.1) is 30.6 Å². The second kappa shape index (κ2) is 25.0. The summed E-state index contributed by atoms with van der Waals surface area (Å²) in [7, 11) is 2.74. The molecule has 2 fully saturated rings. The number of rotatable bonds is 7. The van der Waals surface area contributed by atoms with Crippen LogP contribution < -0.4 is 0 Å². The molecule has 0 spiro atoms. The average molecular weight is 857 g/mol. The number of cyclic esters (lactones) is 1. The summed E-state index contributed by atoms with van der Waals surface area (Å²) in [6, 6.07) is -1.08. The Hall–Kier alpha value is -2.20. The Morgan fingerprint density at radius 1 is 1.03 bits per heavy atom. The number of amides is 1. The van der Waals surface area contributed by atoms with Crippen molar-refractivity contribution in [3.05, 3.63) is 11.6 Å². The van der Waals surface area contributed by atoms with Crippen molar-refractivity contribution in [2.24, 2.45) is 34.7 Å². The number of carbonyl (C=O) groups excluding carboxylic acids is 3. The topological polar surface area (TPSA) is 174 Å². The van der Waals surface area contributed by atoms with Crippen LogP contribution in [0.1, 0.15) is 128 Å². The van der Waals surface area contributed by atoms with Gasteiger partial charge in [0.2, 0.25) is 5.79 Å². The van der Waals surface area contributed by atoms with Crippen molar-refractivity contribution >= 4 is 32.2 Å². The number of allylic oxidation sites excluding steroid dienone is 1. The highest BCUT2D eigenvalue weighted by Crippen LogP contribution is 2.39. The molecule has 344 valence electrons. The molecule has 0 radical (unpaired) electrons. The number of fused-ring (bicyclic) bond motifs is 3. The molecular weight excluding hydrogens is 773 g/mol. The predicted molar refractivity (Wildman–Crippen MR) is 236 cm³/mol. The number of Topliss-reactive ketones (excluding diaryl/α,β-unsaturated/α-hetero) is 1. The van der Waals surface area contributed by atoms with Crippen molar-refractivity contribution in [1.29, 1.82) is 0 Å². The van der Waals surface area contributed by atoms with Crippen molar-refractivity contribution in [2.45, 2.75) is 189 Å². The Labute approximate surface area is 358 Å². The Morgan fingerprint density at radius 3 is 2.17 bits per heavy atom. The average Bonchev–Trinajstić information content (AvgIpc) is 3.17. The summed E-state index contributed by atoms with van der Waals surface area (Å²) in [5.41, 5.74) is 1.47. The van der Waals surface area contributed by atoms with Crippen LogP contribution in [-0.4, -0.2) is 129 Å². The van der Waals surface area contributed by atoms with Gasteiger partial charge >= 0.3 is 5.97 Å². The molecule has 59 heavy (non-hydrogen) atoms. The third kappa shape index (κ3) is 15.3. The lowest BCUT2D eigenvalue weighted by Gasteiger charge is -2.47. The summed E-state index contributed by atoms with van der Waals surface area (Å²) in [6.07, 6.45) is 2.74. The van der Waals surface area contributed by atoms with E-state index in [-0.39, 0.29) is 72.5 Å². The van der Waals surface area contributed by atoms with Crippen LogP contribution in [0, 0.1) is 29.6 Å². The maximum atomic E-state index is 14.1. The largest absolute Gasteiger partial charge is 0.454 e. The second-order valence-electron chi connectivity index (χ2n) is 18.7. The standard InChI is InChI=1S/C38H64N2O11.C6H16Si.CH4/c1-10-28-18-22(2)17-23(3)19-31(47-8)34-32(48-9)21-25(5)38(46,51-34)35(43)36(44)40-14-12-11-13-29(40)37(45)50-33(27(7)39-49-16-15-41)26(6)24(4)20-30(28)42;1-6(2,3)7(4)5;/h18,23-26,28-34,41-42,46H,10-17,19-21H2,1-9H3;7H,1-5H3;1H4/b22-18+,39-27+;;/t23-,24-,25+,26+,28+,29-,30+,31-,32-,33-,34+,38+;;/m0../s1. The lowest BCUT2D eigenvalue weighted by Crippen LogP contribution is -2.64. The van der Waals surface area contributed by atoms with E-state index >= 15 is 0 Å². The van der Waals surface area contributed by atoms with E-state index in [1.54, 1.807) is 28.1 Å². The number of carbonyl (C=O) groups is 3. The predicted octanol–water partition coefficient (Wildman–Crippen LogP) is 6.71. The number of aliphatic hydroxyl groups excluding tert-OH is 2. The molecule has 3 aliphatic heterocycles. The van der Waals surface area contributed by atoms with Gasteiger partial charge in [0.15, 0.2) is 0 Å².